The quantitative estimate of drug-likeness (QED) is 0.367. The molecule has 3 aliphatic carbocycles. The number of ether oxygens (including phenoxy) is 1. The van der Waals surface area contributed by atoms with Crippen LogP contribution < -0.4 is 21.7 Å². The molecule has 1 unspecified atom stereocenters. The van der Waals surface area contributed by atoms with Crippen molar-refractivity contribution < 1.29 is 51.4 Å². The molecule has 1 saturated heterocycles. The number of rotatable bonds is 3. The van der Waals surface area contributed by atoms with Gasteiger partial charge in [0.2, 0.25) is 5.60 Å². The number of carboxylic acids is 1. The number of aromatic hydroxyl groups is 1. The Morgan fingerprint density at radius 2 is 2.03 bits per heavy atom. The molecule has 2 aliphatic heterocycles. The predicted octanol–water partition coefficient (Wildman–Crippen LogP) is -2.47. The van der Waals surface area contributed by atoms with Crippen LogP contribution in [0.15, 0.2) is 12.1 Å². The first-order chi connectivity index (χ1) is 13.2. The number of halogens is 1. The van der Waals surface area contributed by atoms with Gasteiger partial charge in [0.05, 0.1) is 25.6 Å². The molecule has 2 heterocycles. The monoisotopic (exact) mass is 467 g/mol. The zero-order chi connectivity index (χ0) is 19.7. The lowest BCUT2D eigenvalue weighted by Gasteiger charge is -2.60. The minimum absolute atomic E-state index is 0. The number of benzene rings is 1. The number of quaternary nitrogens is 1. The molecule has 1 aromatic carbocycles. The zero-order valence-corrected chi connectivity index (χ0v) is 17.9. The average molecular weight is 468 g/mol. The zero-order valence-electron chi connectivity index (χ0n) is 16.3. The Balaban J connectivity index is 0.00000181. The second-order valence-electron chi connectivity index (χ2n) is 10.0. The van der Waals surface area contributed by atoms with Gasteiger partial charge in [0.25, 0.3) is 0 Å². The molecule has 158 valence electrons. The van der Waals surface area contributed by atoms with Crippen molar-refractivity contribution in [1.29, 1.82) is 0 Å². The summed E-state index contributed by atoms with van der Waals surface area (Å²) >= 11 is 0. The van der Waals surface area contributed by atoms with Crippen LogP contribution in [0.4, 0.5) is 0 Å². The number of likely N-dealkylation sites (N-methyl/N-ethyl adjacent to an activating group) is 1. The SMILES string of the molecule is C[N+]1(CC2CC2)CC[C@]23c4c5ccc(O)c4O[C@H]2[C@](O)(C(=O)O)C[C@@]3(O)[C@H]1C5.[Br-]. The van der Waals surface area contributed by atoms with Crippen LogP contribution in [0, 0.1) is 5.92 Å². The van der Waals surface area contributed by atoms with E-state index in [1.54, 1.807) is 6.07 Å². The number of phenols is 1. The Kier molecular flexibility index (Phi) is 3.69. The van der Waals surface area contributed by atoms with Crippen molar-refractivity contribution in [1.82, 2.24) is 0 Å². The first-order valence-corrected chi connectivity index (χ1v) is 10.2. The van der Waals surface area contributed by atoms with Gasteiger partial charge in [0.1, 0.15) is 11.6 Å². The fourth-order valence-corrected chi connectivity index (χ4v) is 7.24. The number of piperidine rings is 1. The minimum Gasteiger partial charge on any atom is -1.00 e. The third-order valence-corrected chi connectivity index (χ3v) is 8.57. The van der Waals surface area contributed by atoms with Gasteiger partial charge >= 0.3 is 5.97 Å². The van der Waals surface area contributed by atoms with Crippen LogP contribution in [0.5, 0.6) is 11.5 Å². The van der Waals surface area contributed by atoms with Gasteiger partial charge in [-0.1, -0.05) is 6.07 Å². The summed E-state index contributed by atoms with van der Waals surface area (Å²) in [6, 6.07) is 3.25. The van der Waals surface area contributed by atoms with Crippen molar-refractivity contribution in [2.24, 2.45) is 5.92 Å². The lowest BCUT2D eigenvalue weighted by molar-refractivity contribution is -0.950. The molecular formula is C21H26BrNO6. The highest BCUT2D eigenvalue weighted by Gasteiger charge is 2.84. The summed E-state index contributed by atoms with van der Waals surface area (Å²) in [5, 5.41) is 43.7. The highest BCUT2D eigenvalue weighted by atomic mass is 79.9. The summed E-state index contributed by atoms with van der Waals surface area (Å²) in [6.07, 6.45) is 2.22. The molecule has 8 heteroatoms. The van der Waals surface area contributed by atoms with Crippen molar-refractivity contribution >= 4 is 5.97 Å². The largest absolute Gasteiger partial charge is 1.00 e. The van der Waals surface area contributed by atoms with E-state index in [4.69, 9.17) is 4.74 Å². The molecule has 2 saturated carbocycles. The minimum atomic E-state index is -2.19. The molecule has 7 nitrogen and oxygen atoms in total. The molecule has 0 aromatic heterocycles. The van der Waals surface area contributed by atoms with Crippen molar-refractivity contribution in [3.63, 3.8) is 0 Å². The molecule has 1 aromatic rings. The second-order valence-corrected chi connectivity index (χ2v) is 10.0. The van der Waals surface area contributed by atoms with Crippen LogP contribution in [-0.4, -0.2) is 74.4 Å². The molecule has 6 rings (SSSR count). The normalized spacial score (nSPS) is 45.9. The first-order valence-electron chi connectivity index (χ1n) is 10.2. The lowest BCUT2D eigenvalue weighted by atomic mass is 9.55. The maximum Gasteiger partial charge on any atom is 0.339 e. The van der Waals surface area contributed by atoms with Crippen LogP contribution in [0.3, 0.4) is 0 Å². The number of hydrogen-bond donors (Lipinski definition) is 4. The molecule has 2 bridgehead atoms. The van der Waals surface area contributed by atoms with Crippen LogP contribution in [0.2, 0.25) is 0 Å². The standard InChI is InChI=1S/C21H25NO6.BrH/c1-22(9-11-2-3-11)7-6-19-15-12-4-5-13(23)16(15)28-17(19)20(26,18(24)25)10-21(19,27)14(22)8-12;/h4-5,11,14,17,26-27H,2-3,6-10H2,1H3,(H-,23,24,25);1H/t14-,17-,19+,20+,21-,22?;/m1./s1. The fraction of sp³-hybridized carbons (Fsp3) is 0.667. The molecule has 0 radical (unpaired) electrons. The van der Waals surface area contributed by atoms with E-state index < -0.39 is 28.7 Å². The molecule has 0 amide bonds. The van der Waals surface area contributed by atoms with Crippen molar-refractivity contribution in [3.05, 3.63) is 23.3 Å². The Bertz CT molecular complexity index is 936. The van der Waals surface area contributed by atoms with Crippen LogP contribution in [0.25, 0.3) is 0 Å². The summed E-state index contributed by atoms with van der Waals surface area (Å²) in [6.45, 7) is 1.77. The summed E-state index contributed by atoms with van der Waals surface area (Å²) in [5.74, 6) is -0.519. The molecule has 1 spiro atoms. The van der Waals surface area contributed by atoms with Gasteiger partial charge in [0.15, 0.2) is 17.6 Å². The number of carbonyl (C=O) groups is 1. The van der Waals surface area contributed by atoms with Gasteiger partial charge in [-0.3, -0.25) is 0 Å². The molecule has 4 N–H and O–H groups in total. The number of phenolic OH excluding ortho intramolecular Hbond substituents is 1. The number of nitrogens with zero attached hydrogens (tertiary/aromatic N) is 1. The Hall–Kier alpha value is -1.35. The van der Waals surface area contributed by atoms with E-state index in [0.717, 1.165) is 24.2 Å². The third kappa shape index (κ3) is 2.01. The van der Waals surface area contributed by atoms with Gasteiger partial charge in [0, 0.05) is 30.7 Å². The number of aliphatic carboxylic acids is 1. The number of carboxylic acid groups (broad SMARTS) is 1. The Labute approximate surface area is 179 Å². The maximum atomic E-state index is 12.2. The summed E-state index contributed by atoms with van der Waals surface area (Å²) in [4.78, 5) is 12.1. The smallest absolute Gasteiger partial charge is 0.339 e. The second kappa shape index (κ2) is 5.46. The molecule has 5 aliphatic rings. The van der Waals surface area contributed by atoms with Crippen molar-refractivity contribution in [2.45, 2.75) is 60.9 Å². The summed E-state index contributed by atoms with van der Waals surface area (Å²) in [7, 11) is 2.17. The van der Waals surface area contributed by atoms with E-state index in [1.165, 1.54) is 12.8 Å². The summed E-state index contributed by atoms with van der Waals surface area (Å²) < 4.78 is 6.68. The molecule has 6 atom stereocenters. The lowest BCUT2D eigenvalue weighted by Crippen LogP contribution is -3.00. The molecule has 29 heavy (non-hydrogen) atoms. The topological polar surface area (TPSA) is 107 Å². The fourth-order valence-electron chi connectivity index (χ4n) is 7.24. The van der Waals surface area contributed by atoms with Gasteiger partial charge in [-0.15, -0.1) is 0 Å². The van der Waals surface area contributed by atoms with Crippen LogP contribution in [0.1, 0.15) is 36.8 Å². The highest BCUT2D eigenvalue weighted by molar-refractivity contribution is 5.82. The van der Waals surface area contributed by atoms with E-state index in [9.17, 15) is 25.2 Å². The van der Waals surface area contributed by atoms with E-state index in [2.05, 4.69) is 7.05 Å². The van der Waals surface area contributed by atoms with Gasteiger partial charge in [-0.05, 0) is 24.5 Å². The van der Waals surface area contributed by atoms with Crippen molar-refractivity contribution in [3.8, 4) is 11.5 Å². The molecular weight excluding hydrogens is 442 g/mol. The van der Waals surface area contributed by atoms with Gasteiger partial charge < -0.3 is 46.6 Å². The van der Waals surface area contributed by atoms with E-state index in [1.807, 2.05) is 6.07 Å². The third-order valence-electron chi connectivity index (χ3n) is 8.57. The van der Waals surface area contributed by atoms with Crippen LogP contribution >= 0.6 is 0 Å². The maximum absolute atomic E-state index is 12.2. The van der Waals surface area contributed by atoms with E-state index >= 15 is 0 Å². The molecule has 3 fully saturated rings. The number of likely N-dealkylation sites (tertiary alicyclic amines) is 1. The van der Waals surface area contributed by atoms with E-state index in [-0.39, 0.29) is 40.9 Å². The Morgan fingerprint density at radius 3 is 2.69 bits per heavy atom. The van der Waals surface area contributed by atoms with Crippen LogP contribution in [-0.2, 0) is 16.6 Å². The predicted molar refractivity (Wildman–Crippen MR) is 97.1 cm³/mol. The average Bonchev–Trinajstić information content (AvgIpc) is 3.29. The summed E-state index contributed by atoms with van der Waals surface area (Å²) in [5.41, 5.74) is -2.84. The Morgan fingerprint density at radius 1 is 1.31 bits per heavy atom. The number of hydrogen-bond acceptors (Lipinski definition) is 5. The van der Waals surface area contributed by atoms with Crippen molar-refractivity contribution in [2.75, 3.05) is 20.1 Å². The highest BCUT2D eigenvalue weighted by Crippen LogP contribution is 2.70. The van der Waals surface area contributed by atoms with Gasteiger partial charge in [-0.2, -0.15) is 0 Å². The first kappa shape index (κ1) is 19.6. The van der Waals surface area contributed by atoms with Gasteiger partial charge in [-0.25, -0.2) is 4.79 Å². The van der Waals surface area contributed by atoms with E-state index in [0.29, 0.717) is 23.2 Å². The number of aliphatic hydroxyl groups is 2.